The van der Waals surface area contributed by atoms with Crippen LogP contribution in [0.15, 0.2) is 6.07 Å². The molecule has 116 valence electrons. The average molecular weight is 290 g/mol. The Hall–Kier alpha value is -1.65. The van der Waals surface area contributed by atoms with Gasteiger partial charge in [0.25, 0.3) is 5.91 Å². The van der Waals surface area contributed by atoms with E-state index in [4.69, 9.17) is 0 Å². The Bertz CT molecular complexity index is 477. The quantitative estimate of drug-likeness (QED) is 0.855. The summed E-state index contributed by atoms with van der Waals surface area (Å²) >= 11 is 0. The molecule has 0 spiro atoms. The van der Waals surface area contributed by atoms with Crippen LogP contribution in [0.4, 0.5) is 5.82 Å². The molecule has 1 fully saturated rings. The van der Waals surface area contributed by atoms with Gasteiger partial charge >= 0.3 is 0 Å². The summed E-state index contributed by atoms with van der Waals surface area (Å²) in [5.41, 5.74) is 0.519. The lowest BCUT2D eigenvalue weighted by atomic mass is 10.2. The lowest BCUT2D eigenvalue weighted by Crippen LogP contribution is -2.32. The van der Waals surface area contributed by atoms with Gasteiger partial charge in [-0.2, -0.15) is 0 Å². The van der Waals surface area contributed by atoms with Gasteiger partial charge in [-0.25, -0.2) is 9.97 Å². The third kappa shape index (κ3) is 3.93. The van der Waals surface area contributed by atoms with Crippen LogP contribution in [0.3, 0.4) is 0 Å². The third-order valence-corrected chi connectivity index (χ3v) is 4.02. The van der Waals surface area contributed by atoms with Gasteiger partial charge in [-0.1, -0.05) is 12.8 Å². The van der Waals surface area contributed by atoms with Crippen molar-refractivity contribution in [3.05, 3.63) is 17.6 Å². The molecule has 5 heteroatoms. The van der Waals surface area contributed by atoms with E-state index in [9.17, 15) is 4.79 Å². The molecule has 1 aromatic rings. The summed E-state index contributed by atoms with van der Waals surface area (Å²) in [6, 6.07) is 1.86. The second-order valence-electron chi connectivity index (χ2n) is 5.54. The number of anilines is 1. The van der Waals surface area contributed by atoms with Crippen molar-refractivity contribution in [2.24, 2.45) is 0 Å². The highest BCUT2D eigenvalue weighted by Crippen LogP contribution is 2.19. The van der Waals surface area contributed by atoms with Crippen molar-refractivity contribution in [3.8, 4) is 0 Å². The van der Waals surface area contributed by atoms with Crippen LogP contribution >= 0.6 is 0 Å². The fraction of sp³-hybridized carbons (Fsp3) is 0.688. The first-order chi connectivity index (χ1) is 10.2. The molecule has 2 heterocycles. The molecule has 0 atom stereocenters. The summed E-state index contributed by atoms with van der Waals surface area (Å²) in [7, 11) is 0. The van der Waals surface area contributed by atoms with Crippen LogP contribution in [0.25, 0.3) is 0 Å². The number of aromatic nitrogens is 2. The van der Waals surface area contributed by atoms with Crippen molar-refractivity contribution < 1.29 is 4.79 Å². The maximum Gasteiger partial charge on any atom is 0.272 e. The number of nitrogens with zero attached hydrogens (tertiary/aromatic N) is 4. The van der Waals surface area contributed by atoms with Crippen molar-refractivity contribution in [1.29, 1.82) is 0 Å². The zero-order valence-corrected chi connectivity index (χ0v) is 13.4. The van der Waals surface area contributed by atoms with Gasteiger partial charge in [0.2, 0.25) is 0 Å². The monoisotopic (exact) mass is 290 g/mol. The van der Waals surface area contributed by atoms with Crippen LogP contribution in [-0.4, -0.2) is 47.0 Å². The molecule has 1 amide bonds. The van der Waals surface area contributed by atoms with E-state index < -0.39 is 0 Å². The Morgan fingerprint density at radius 2 is 1.76 bits per heavy atom. The van der Waals surface area contributed by atoms with Crippen LogP contribution in [0, 0.1) is 6.92 Å². The molecule has 5 nitrogen and oxygen atoms in total. The predicted octanol–water partition coefficient (Wildman–Crippen LogP) is 2.65. The largest absolute Gasteiger partial charge is 0.356 e. The zero-order valence-electron chi connectivity index (χ0n) is 13.4. The maximum atomic E-state index is 12.5. The Labute approximate surface area is 127 Å². The van der Waals surface area contributed by atoms with Crippen molar-refractivity contribution in [1.82, 2.24) is 14.9 Å². The lowest BCUT2D eigenvalue weighted by Gasteiger charge is -2.23. The molecular weight excluding hydrogens is 264 g/mol. The molecule has 1 aliphatic heterocycles. The van der Waals surface area contributed by atoms with Crippen molar-refractivity contribution in [2.75, 3.05) is 31.1 Å². The summed E-state index contributed by atoms with van der Waals surface area (Å²) in [4.78, 5) is 25.4. The van der Waals surface area contributed by atoms with Crippen molar-refractivity contribution >= 4 is 11.7 Å². The Morgan fingerprint density at radius 1 is 1.14 bits per heavy atom. The molecule has 0 bridgehead atoms. The molecule has 0 saturated carbocycles. The van der Waals surface area contributed by atoms with Crippen LogP contribution in [0.5, 0.6) is 0 Å². The van der Waals surface area contributed by atoms with Crippen LogP contribution < -0.4 is 4.90 Å². The van der Waals surface area contributed by atoms with Gasteiger partial charge in [0, 0.05) is 32.2 Å². The van der Waals surface area contributed by atoms with Crippen LogP contribution in [0.2, 0.25) is 0 Å². The molecule has 1 aliphatic rings. The number of carbonyl (C=O) groups excluding carboxylic acids is 1. The average Bonchev–Trinajstić information content (AvgIpc) is 2.77. The summed E-state index contributed by atoms with van der Waals surface area (Å²) in [6.07, 6.45) is 4.96. The van der Waals surface area contributed by atoms with Gasteiger partial charge in [0.05, 0.1) is 0 Å². The van der Waals surface area contributed by atoms with Gasteiger partial charge in [-0.05, 0) is 33.6 Å². The smallest absolute Gasteiger partial charge is 0.272 e. The number of hydrogen-bond acceptors (Lipinski definition) is 4. The van der Waals surface area contributed by atoms with Gasteiger partial charge in [0.1, 0.15) is 17.3 Å². The number of rotatable bonds is 4. The highest BCUT2D eigenvalue weighted by Gasteiger charge is 2.18. The number of carbonyl (C=O) groups is 1. The standard InChI is InChI=1S/C16H26N4O/c1-4-19(5-2)16(21)14-12-15(18-13(3)17-14)20-10-8-6-7-9-11-20/h12H,4-11H2,1-3H3. The van der Waals surface area contributed by atoms with E-state index in [1.165, 1.54) is 25.7 Å². The molecule has 0 radical (unpaired) electrons. The topological polar surface area (TPSA) is 49.3 Å². The van der Waals surface area contributed by atoms with E-state index in [1.54, 1.807) is 4.90 Å². The first kappa shape index (κ1) is 15.7. The summed E-state index contributed by atoms with van der Waals surface area (Å²) in [6.45, 7) is 9.30. The second kappa shape index (κ2) is 7.38. The van der Waals surface area contributed by atoms with E-state index >= 15 is 0 Å². The van der Waals surface area contributed by atoms with E-state index in [2.05, 4.69) is 14.9 Å². The minimum Gasteiger partial charge on any atom is -0.356 e. The van der Waals surface area contributed by atoms with Crippen LogP contribution in [0.1, 0.15) is 55.8 Å². The Kier molecular flexibility index (Phi) is 5.53. The molecule has 2 rings (SSSR count). The molecule has 0 aliphatic carbocycles. The predicted molar refractivity (Wildman–Crippen MR) is 84.7 cm³/mol. The Morgan fingerprint density at radius 3 is 2.33 bits per heavy atom. The molecule has 1 saturated heterocycles. The summed E-state index contributed by atoms with van der Waals surface area (Å²) < 4.78 is 0. The maximum absolute atomic E-state index is 12.5. The molecule has 0 aromatic carbocycles. The molecule has 21 heavy (non-hydrogen) atoms. The highest BCUT2D eigenvalue weighted by atomic mass is 16.2. The first-order valence-electron chi connectivity index (χ1n) is 8.05. The minimum absolute atomic E-state index is 0.00146. The van der Waals surface area contributed by atoms with Crippen LogP contribution in [-0.2, 0) is 0 Å². The number of amides is 1. The highest BCUT2D eigenvalue weighted by molar-refractivity contribution is 5.93. The van der Waals surface area contributed by atoms with E-state index in [-0.39, 0.29) is 5.91 Å². The fourth-order valence-electron chi connectivity index (χ4n) is 2.80. The normalized spacial score (nSPS) is 15.7. The first-order valence-corrected chi connectivity index (χ1v) is 8.05. The molecule has 1 aromatic heterocycles. The lowest BCUT2D eigenvalue weighted by molar-refractivity contribution is 0.0766. The van der Waals surface area contributed by atoms with Gasteiger partial charge in [0.15, 0.2) is 0 Å². The Balaban J connectivity index is 2.25. The third-order valence-electron chi connectivity index (χ3n) is 4.02. The van der Waals surface area contributed by atoms with Crippen molar-refractivity contribution in [3.63, 3.8) is 0 Å². The summed E-state index contributed by atoms with van der Waals surface area (Å²) in [5, 5.41) is 0. The number of hydrogen-bond donors (Lipinski definition) is 0. The SMILES string of the molecule is CCN(CC)C(=O)c1cc(N2CCCCCC2)nc(C)n1. The van der Waals surface area contributed by atoms with Gasteiger partial charge in [-0.3, -0.25) is 4.79 Å². The molecular formula is C16H26N4O. The zero-order chi connectivity index (χ0) is 15.2. The summed E-state index contributed by atoms with van der Waals surface area (Å²) in [5.74, 6) is 1.58. The fourth-order valence-corrected chi connectivity index (χ4v) is 2.80. The van der Waals surface area contributed by atoms with Crippen molar-refractivity contribution in [2.45, 2.75) is 46.5 Å². The number of aryl methyl sites for hydroxylation is 1. The van der Waals surface area contributed by atoms with E-state index in [0.29, 0.717) is 24.6 Å². The molecule has 0 unspecified atom stereocenters. The second-order valence-corrected chi connectivity index (χ2v) is 5.54. The van der Waals surface area contributed by atoms with E-state index in [1.807, 2.05) is 26.8 Å². The molecule has 0 N–H and O–H groups in total. The van der Waals surface area contributed by atoms with E-state index in [0.717, 1.165) is 18.9 Å². The minimum atomic E-state index is 0.00146. The van der Waals surface area contributed by atoms with Gasteiger partial charge < -0.3 is 9.80 Å². The van der Waals surface area contributed by atoms with Gasteiger partial charge in [-0.15, -0.1) is 0 Å².